The van der Waals surface area contributed by atoms with Gasteiger partial charge in [-0.2, -0.15) is 5.10 Å². The minimum absolute atomic E-state index is 0.136. The molecule has 5 heteroatoms. The van der Waals surface area contributed by atoms with Gasteiger partial charge in [-0.15, -0.1) is 0 Å². The van der Waals surface area contributed by atoms with Crippen LogP contribution in [0.25, 0.3) is 5.69 Å². The van der Waals surface area contributed by atoms with Gasteiger partial charge in [0.2, 0.25) is 0 Å². The number of hydrogen-bond donors (Lipinski definition) is 1. The topological polar surface area (TPSA) is 55.1 Å². The molecule has 19 heavy (non-hydrogen) atoms. The van der Waals surface area contributed by atoms with E-state index in [9.17, 15) is 14.3 Å². The summed E-state index contributed by atoms with van der Waals surface area (Å²) in [6, 6.07) is 5.87. The molecule has 2 rings (SSSR count). The lowest BCUT2D eigenvalue weighted by Gasteiger charge is -2.15. The Labute approximate surface area is 110 Å². The highest BCUT2D eigenvalue weighted by molar-refractivity contribution is 5.89. The maximum absolute atomic E-state index is 13.2. The van der Waals surface area contributed by atoms with Crippen molar-refractivity contribution in [2.24, 2.45) is 0 Å². The van der Waals surface area contributed by atoms with E-state index in [1.54, 1.807) is 12.1 Å². The highest BCUT2D eigenvalue weighted by Crippen LogP contribution is 2.25. The number of benzene rings is 1. The second-order valence-corrected chi connectivity index (χ2v) is 5.37. The third kappa shape index (κ3) is 2.65. The Bertz CT molecular complexity index is 627. The molecule has 1 N–H and O–H groups in total. The van der Waals surface area contributed by atoms with Gasteiger partial charge in [0.1, 0.15) is 11.4 Å². The number of hydrogen-bond acceptors (Lipinski definition) is 2. The molecule has 0 saturated heterocycles. The van der Waals surface area contributed by atoms with Crippen molar-refractivity contribution in [3.8, 4) is 5.69 Å². The number of rotatable bonds is 2. The predicted octanol–water partition coefficient (Wildman–Crippen LogP) is 3.01. The molecule has 4 nitrogen and oxygen atoms in total. The molecule has 0 unspecified atom stereocenters. The van der Waals surface area contributed by atoms with Gasteiger partial charge in [0.15, 0.2) is 0 Å². The van der Waals surface area contributed by atoms with Gasteiger partial charge in [0, 0.05) is 11.6 Å². The number of aromatic nitrogens is 2. The molecular formula is C14H15FN2O2. The number of aromatic carboxylic acids is 1. The lowest BCUT2D eigenvalue weighted by molar-refractivity contribution is 0.0694. The first-order valence-corrected chi connectivity index (χ1v) is 5.88. The molecule has 1 heterocycles. The standard InChI is InChI=1S/C14H15FN2O2/c1-14(2,3)12-11(13(18)19)8-17(16-12)10-6-4-5-9(15)7-10/h4-8H,1-3H3,(H,18,19). The van der Waals surface area contributed by atoms with Crippen molar-refractivity contribution < 1.29 is 14.3 Å². The van der Waals surface area contributed by atoms with Crippen molar-refractivity contribution in [3.63, 3.8) is 0 Å². The van der Waals surface area contributed by atoms with E-state index in [1.165, 1.54) is 23.0 Å². The van der Waals surface area contributed by atoms with E-state index in [0.29, 0.717) is 11.4 Å². The van der Waals surface area contributed by atoms with Crippen LogP contribution in [0.15, 0.2) is 30.5 Å². The van der Waals surface area contributed by atoms with Gasteiger partial charge in [-0.3, -0.25) is 0 Å². The van der Waals surface area contributed by atoms with Crippen LogP contribution in [0.1, 0.15) is 36.8 Å². The lowest BCUT2D eigenvalue weighted by atomic mass is 9.90. The van der Waals surface area contributed by atoms with Gasteiger partial charge in [0.25, 0.3) is 0 Å². The van der Waals surface area contributed by atoms with E-state index >= 15 is 0 Å². The van der Waals surface area contributed by atoms with Gasteiger partial charge in [0.05, 0.1) is 11.4 Å². The van der Waals surface area contributed by atoms with Crippen LogP contribution >= 0.6 is 0 Å². The van der Waals surface area contributed by atoms with E-state index in [0.717, 1.165) is 0 Å². The van der Waals surface area contributed by atoms with E-state index in [-0.39, 0.29) is 11.4 Å². The zero-order valence-corrected chi connectivity index (χ0v) is 11.0. The van der Waals surface area contributed by atoms with Gasteiger partial charge in [-0.1, -0.05) is 26.8 Å². The molecule has 100 valence electrons. The molecule has 0 bridgehead atoms. The smallest absolute Gasteiger partial charge is 0.339 e. The first-order valence-electron chi connectivity index (χ1n) is 5.88. The Balaban J connectivity index is 2.58. The van der Waals surface area contributed by atoms with Gasteiger partial charge < -0.3 is 5.11 Å². The number of carboxylic acid groups (broad SMARTS) is 1. The quantitative estimate of drug-likeness (QED) is 0.905. The fourth-order valence-corrected chi connectivity index (χ4v) is 1.84. The normalized spacial score (nSPS) is 11.6. The summed E-state index contributed by atoms with van der Waals surface area (Å²) in [4.78, 5) is 11.3. The van der Waals surface area contributed by atoms with Crippen molar-refractivity contribution >= 4 is 5.97 Å². The van der Waals surface area contributed by atoms with Crippen LogP contribution in [0.4, 0.5) is 4.39 Å². The average Bonchev–Trinajstić information content (AvgIpc) is 2.73. The Hall–Kier alpha value is -2.17. The first kappa shape index (κ1) is 13.3. The molecular weight excluding hydrogens is 247 g/mol. The lowest BCUT2D eigenvalue weighted by Crippen LogP contribution is -2.16. The van der Waals surface area contributed by atoms with Crippen molar-refractivity contribution in [3.05, 3.63) is 47.5 Å². The van der Waals surface area contributed by atoms with Crippen LogP contribution in [0.2, 0.25) is 0 Å². The zero-order valence-electron chi connectivity index (χ0n) is 11.0. The first-order chi connectivity index (χ1) is 8.79. The summed E-state index contributed by atoms with van der Waals surface area (Å²) in [6.07, 6.45) is 1.41. The predicted molar refractivity (Wildman–Crippen MR) is 69.2 cm³/mol. The average molecular weight is 262 g/mol. The third-order valence-corrected chi connectivity index (χ3v) is 2.73. The van der Waals surface area contributed by atoms with Gasteiger partial charge >= 0.3 is 5.97 Å². The number of nitrogens with zero attached hydrogens (tertiary/aromatic N) is 2. The number of carbonyl (C=O) groups is 1. The molecule has 0 aliphatic heterocycles. The molecule has 1 aromatic carbocycles. The van der Waals surface area contributed by atoms with Gasteiger partial charge in [-0.05, 0) is 18.2 Å². The zero-order chi connectivity index (χ0) is 14.2. The maximum Gasteiger partial charge on any atom is 0.339 e. The molecule has 0 radical (unpaired) electrons. The Kier molecular flexibility index (Phi) is 3.14. The second kappa shape index (κ2) is 4.50. The van der Waals surface area contributed by atoms with E-state index < -0.39 is 11.4 Å². The SMILES string of the molecule is CC(C)(C)c1nn(-c2cccc(F)c2)cc1C(=O)O. The molecule has 0 aliphatic carbocycles. The van der Waals surface area contributed by atoms with Crippen LogP contribution < -0.4 is 0 Å². The second-order valence-electron chi connectivity index (χ2n) is 5.37. The fourth-order valence-electron chi connectivity index (χ4n) is 1.84. The monoisotopic (exact) mass is 262 g/mol. The summed E-state index contributed by atoms with van der Waals surface area (Å²) in [7, 11) is 0. The minimum Gasteiger partial charge on any atom is -0.478 e. The van der Waals surface area contributed by atoms with E-state index in [2.05, 4.69) is 5.10 Å². The molecule has 0 aliphatic rings. The largest absolute Gasteiger partial charge is 0.478 e. The Morgan fingerprint density at radius 1 is 1.37 bits per heavy atom. The van der Waals surface area contributed by atoms with Crippen molar-refractivity contribution in [2.45, 2.75) is 26.2 Å². The summed E-state index contributed by atoms with van der Waals surface area (Å²) >= 11 is 0. The molecule has 0 saturated carbocycles. The van der Waals surface area contributed by atoms with E-state index in [1.807, 2.05) is 20.8 Å². The van der Waals surface area contributed by atoms with Crippen LogP contribution in [0, 0.1) is 5.82 Å². The molecule has 0 amide bonds. The summed E-state index contributed by atoms with van der Waals surface area (Å²) < 4.78 is 14.6. The van der Waals surface area contributed by atoms with Crippen LogP contribution in [0.5, 0.6) is 0 Å². The van der Waals surface area contributed by atoms with Crippen LogP contribution in [-0.2, 0) is 5.41 Å². The van der Waals surface area contributed by atoms with Gasteiger partial charge in [-0.25, -0.2) is 13.9 Å². The highest BCUT2D eigenvalue weighted by Gasteiger charge is 2.26. The van der Waals surface area contributed by atoms with Crippen molar-refractivity contribution in [1.29, 1.82) is 0 Å². The number of halogens is 1. The van der Waals surface area contributed by atoms with Crippen LogP contribution in [0.3, 0.4) is 0 Å². The minimum atomic E-state index is -1.03. The molecule has 0 fully saturated rings. The van der Waals surface area contributed by atoms with Crippen molar-refractivity contribution in [1.82, 2.24) is 9.78 Å². The fraction of sp³-hybridized carbons (Fsp3) is 0.286. The Morgan fingerprint density at radius 3 is 2.53 bits per heavy atom. The van der Waals surface area contributed by atoms with Crippen LogP contribution in [-0.4, -0.2) is 20.9 Å². The summed E-state index contributed by atoms with van der Waals surface area (Å²) in [5.41, 5.74) is 0.714. The molecule has 0 atom stereocenters. The summed E-state index contributed by atoms with van der Waals surface area (Å²) in [6.45, 7) is 5.66. The maximum atomic E-state index is 13.2. The molecule has 1 aromatic heterocycles. The summed E-state index contributed by atoms with van der Waals surface area (Å²) in [5.74, 6) is -1.42. The summed E-state index contributed by atoms with van der Waals surface area (Å²) in [5, 5.41) is 13.5. The molecule has 0 spiro atoms. The molecule has 2 aromatic rings. The third-order valence-electron chi connectivity index (χ3n) is 2.73. The highest BCUT2D eigenvalue weighted by atomic mass is 19.1. The van der Waals surface area contributed by atoms with E-state index in [4.69, 9.17) is 0 Å². The number of carboxylic acids is 1. The Morgan fingerprint density at radius 2 is 2.05 bits per heavy atom. The van der Waals surface area contributed by atoms with Crippen molar-refractivity contribution in [2.75, 3.05) is 0 Å².